The van der Waals surface area contributed by atoms with Gasteiger partial charge in [0.15, 0.2) is 17.3 Å². The summed E-state index contributed by atoms with van der Waals surface area (Å²) >= 11 is 0. The fourth-order valence-electron chi connectivity index (χ4n) is 4.36. The van der Waals surface area contributed by atoms with Gasteiger partial charge in [-0.15, -0.1) is 11.7 Å². The van der Waals surface area contributed by atoms with Crippen LogP contribution >= 0.6 is 0 Å². The van der Waals surface area contributed by atoms with Crippen LogP contribution in [0.5, 0.6) is 11.5 Å². The quantitative estimate of drug-likeness (QED) is 0.0987. The van der Waals surface area contributed by atoms with Crippen LogP contribution in [0, 0.1) is 11.3 Å². The predicted molar refractivity (Wildman–Crippen MR) is 161 cm³/mol. The number of carbonyl (C=O) groups is 1. The molecule has 41 heavy (non-hydrogen) atoms. The number of nitrogens with two attached hydrogens (primary N) is 1. The highest BCUT2D eigenvalue weighted by Gasteiger charge is 2.51. The van der Waals surface area contributed by atoms with Gasteiger partial charge in [-0.25, -0.2) is 13.8 Å². The van der Waals surface area contributed by atoms with Crippen LogP contribution < -0.4 is 15.2 Å². The third-order valence-electron chi connectivity index (χ3n) is 6.92. The number of anilines is 1. The van der Waals surface area contributed by atoms with E-state index in [4.69, 9.17) is 15.2 Å². The molecule has 1 aromatic heterocycles. The molecule has 0 aliphatic rings. The summed E-state index contributed by atoms with van der Waals surface area (Å²) in [7, 11) is 4.73. The summed E-state index contributed by atoms with van der Waals surface area (Å²) in [5.74, 6) is -1.76. The third kappa shape index (κ3) is 9.26. The van der Waals surface area contributed by atoms with Crippen LogP contribution in [0.1, 0.15) is 52.4 Å². The maximum absolute atomic E-state index is 14.8. The molecule has 226 valence electrons. The highest BCUT2D eigenvalue weighted by Crippen LogP contribution is 2.46. The van der Waals surface area contributed by atoms with E-state index in [1.54, 1.807) is 51.1 Å². The molecule has 2 atom stereocenters. The average Bonchev–Trinajstić information content (AvgIpc) is 3.31. The zero-order chi connectivity index (χ0) is 31.2. The number of hydrogen-bond acceptors (Lipinski definition) is 7. The van der Waals surface area contributed by atoms with Crippen molar-refractivity contribution >= 4 is 24.4 Å². The fourth-order valence-corrected chi connectivity index (χ4v) is 4.36. The highest BCUT2D eigenvalue weighted by molar-refractivity contribution is 5.77. The van der Waals surface area contributed by atoms with Crippen molar-refractivity contribution in [1.82, 2.24) is 19.7 Å². The van der Waals surface area contributed by atoms with Crippen molar-refractivity contribution in [2.45, 2.75) is 53.4 Å². The lowest BCUT2D eigenvalue weighted by Crippen LogP contribution is -2.50. The van der Waals surface area contributed by atoms with E-state index in [2.05, 4.69) is 21.7 Å². The van der Waals surface area contributed by atoms with Crippen molar-refractivity contribution in [2.24, 2.45) is 16.3 Å². The van der Waals surface area contributed by atoms with Crippen molar-refractivity contribution in [3.63, 3.8) is 0 Å². The number of hydrogen-bond donors (Lipinski definition) is 1. The molecule has 1 aromatic carbocycles. The Morgan fingerprint density at radius 1 is 1.24 bits per heavy atom. The maximum Gasteiger partial charge on any atom is 0.253 e. The number of aldehydes is 1. The Hall–Kier alpha value is -4.02. The Morgan fingerprint density at radius 2 is 1.88 bits per heavy atom. The number of carbonyl (C=O) groups excluding carboxylic acids is 1. The minimum absolute atomic E-state index is 0.00809. The third-order valence-corrected chi connectivity index (χ3v) is 6.92. The largest absolute Gasteiger partial charge is 0.493 e. The van der Waals surface area contributed by atoms with Crippen LogP contribution in [0.3, 0.4) is 0 Å². The first-order valence-electron chi connectivity index (χ1n) is 13.3. The molecule has 0 aliphatic heterocycles. The van der Waals surface area contributed by atoms with Gasteiger partial charge >= 0.3 is 0 Å². The van der Waals surface area contributed by atoms with E-state index in [-0.39, 0.29) is 24.7 Å². The molecule has 0 radical (unpaired) electrons. The Balaban J connectivity index is 0.00000196. The van der Waals surface area contributed by atoms with Gasteiger partial charge in [-0.05, 0) is 50.8 Å². The first-order chi connectivity index (χ1) is 19.4. The molecule has 2 aromatic rings. The number of aliphatic imine (C=N–C) groups is 1. The van der Waals surface area contributed by atoms with E-state index in [9.17, 15) is 13.6 Å². The second-order valence-corrected chi connectivity index (χ2v) is 9.57. The summed E-state index contributed by atoms with van der Waals surface area (Å²) in [6.07, 6.45) is 9.21. The van der Waals surface area contributed by atoms with E-state index in [0.717, 1.165) is 12.5 Å². The number of rotatable bonds is 14. The number of allylic oxidation sites excluding steroid dienone is 4. The maximum atomic E-state index is 14.8. The molecule has 1 heterocycles. The molecule has 0 saturated heterocycles. The predicted octanol–water partition coefficient (Wildman–Crippen LogP) is 5.88. The molecule has 9 nitrogen and oxygen atoms in total. The normalized spacial score (nSPS) is 14.2. The summed E-state index contributed by atoms with van der Waals surface area (Å²) in [5.41, 5.74) is 5.33. The van der Waals surface area contributed by atoms with E-state index in [1.807, 2.05) is 32.1 Å². The van der Waals surface area contributed by atoms with Gasteiger partial charge in [-0.3, -0.25) is 4.79 Å². The Kier molecular flexibility index (Phi) is 13.9. The van der Waals surface area contributed by atoms with Crippen molar-refractivity contribution in [3.05, 3.63) is 60.5 Å². The van der Waals surface area contributed by atoms with Crippen LogP contribution in [0.25, 0.3) is 5.82 Å². The molecule has 0 fully saturated rings. The summed E-state index contributed by atoms with van der Waals surface area (Å²) in [6, 6.07) is 5.40. The Bertz CT molecular complexity index is 1220. The van der Waals surface area contributed by atoms with Crippen LogP contribution in [-0.4, -0.2) is 66.0 Å². The molecule has 2 N–H and O–H groups in total. The summed E-state index contributed by atoms with van der Waals surface area (Å²) in [6.45, 7) is 12.1. The Labute approximate surface area is 242 Å². The topological polar surface area (TPSA) is 108 Å². The average molecular weight is 575 g/mol. The van der Waals surface area contributed by atoms with E-state index >= 15 is 0 Å². The molecular formula is C30H44F2N6O3. The second-order valence-electron chi connectivity index (χ2n) is 9.57. The van der Waals surface area contributed by atoms with Crippen molar-refractivity contribution in [3.8, 4) is 11.5 Å². The molecule has 2 rings (SSSR count). The zero-order valence-corrected chi connectivity index (χ0v) is 25.4. The van der Waals surface area contributed by atoms with Crippen LogP contribution in [-0.2, 0) is 11.2 Å². The molecule has 0 saturated carbocycles. The summed E-state index contributed by atoms with van der Waals surface area (Å²) in [5, 5.41) is 4.19. The minimum Gasteiger partial charge on any atom is -0.493 e. The lowest BCUT2D eigenvalue weighted by Gasteiger charge is -2.43. The van der Waals surface area contributed by atoms with E-state index < -0.39 is 17.3 Å². The van der Waals surface area contributed by atoms with E-state index in [1.165, 1.54) is 24.2 Å². The number of nitrogens with zero attached hydrogens (tertiary/aromatic N) is 5. The van der Waals surface area contributed by atoms with Gasteiger partial charge in [-0.1, -0.05) is 38.1 Å². The van der Waals surface area contributed by atoms with Crippen molar-refractivity contribution < 1.29 is 23.0 Å². The second kappa shape index (κ2) is 16.3. The first-order valence-corrected chi connectivity index (χ1v) is 13.3. The summed E-state index contributed by atoms with van der Waals surface area (Å²) < 4.78 is 41.5. The van der Waals surface area contributed by atoms with Gasteiger partial charge in [0.2, 0.25) is 5.95 Å². The zero-order valence-electron chi connectivity index (χ0n) is 25.4. The van der Waals surface area contributed by atoms with Gasteiger partial charge < -0.3 is 20.1 Å². The molecule has 0 bridgehead atoms. The first kappa shape index (κ1) is 35.0. The van der Waals surface area contributed by atoms with Crippen LogP contribution in [0.15, 0.2) is 54.1 Å². The van der Waals surface area contributed by atoms with Crippen molar-refractivity contribution in [2.75, 3.05) is 33.5 Å². The number of nitrogen functional groups attached to an aromatic ring is 1. The number of ether oxygens (including phenoxy) is 2. The van der Waals surface area contributed by atoms with Gasteiger partial charge in [-0.2, -0.15) is 9.67 Å². The Morgan fingerprint density at radius 3 is 2.37 bits per heavy atom. The van der Waals surface area contributed by atoms with Gasteiger partial charge in [0.25, 0.3) is 5.92 Å². The van der Waals surface area contributed by atoms with Gasteiger partial charge in [0.1, 0.15) is 12.1 Å². The number of halogens is 2. The number of aromatic nitrogens is 3. The number of benzene rings is 1. The smallest absolute Gasteiger partial charge is 0.253 e. The van der Waals surface area contributed by atoms with Crippen molar-refractivity contribution in [1.29, 1.82) is 0 Å². The van der Waals surface area contributed by atoms with Crippen LogP contribution in [0.2, 0.25) is 0 Å². The van der Waals surface area contributed by atoms with Crippen LogP contribution in [0.4, 0.5) is 14.7 Å². The van der Waals surface area contributed by atoms with Gasteiger partial charge in [0, 0.05) is 26.1 Å². The molecule has 0 aliphatic carbocycles. The monoisotopic (exact) mass is 574 g/mol. The molecule has 0 amide bonds. The minimum atomic E-state index is -2.97. The molecule has 0 spiro atoms. The fraction of sp³-hybridized carbons (Fsp3) is 0.467. The summed E-state index contributed by atoms with van der Waals surface area (Å²) in [4.78, 5) is 21.6. The SMILES string of the molecule is C/C=C\C.C=CC(C)C(CC)(CN(C)/C=N\C(=C/C=O)n1nc(N)nc1Cc1ccc(OC)c(OC)c1)C(C)(F)F. The van der Waals surface area contributed by atoms with Gasteiger partial charge in [0.05, 0.1) is 26.0 Å². The molecule has 2 unspecified atom stereocenters. The molecule has 11 heteroatoms. The standard InChI is InChI=1S/C26H36F2N6O3.C4H8/c1-8-18(3)26(9-2,25(4,27)28)16-33(5)17-30-22(12-13-35)34-23(31-24(29)32-34)15-19-10-11-20(36-6)21(14-19)37-7;1-3-4-2/h8,10-14,17-18H,1,9,15-16H2,2-7H3,(H2,29,32);3-4H,1-2H3/b22-12+,30-17-;4-3-. The number of alkyl halides is 2. The molecular weight excluding hydrogens is 530 g/mol. The lowest BCUT2D eigenvalue weighted by atomic mass is 9.69. The number of methoxy groups -OCH3 is 2. The van der Waals surface area contributed by atoms with E-state index in [0.29, 0.717) is 30.0 Å². The lowest BCUT2D eigenvalue weighted by molar-refractivity contribution is -0.133. The highest BCUT2D eigenvalue weighted by atomic mass is 19.3.